The van der Waals surface area contributed by atoms with Gasteiger partial charge in [-0.3, -0.25) is 0 Å². The molecule has 2 heteroatoms. The summed E-state index contributed by atoms with van der Waals surface area (Å²) in [5.41, 5.74) is 1.20. The fourth-order valence-electron chi connectivity index (χ4n) is 2.00. The Kier molecular flexibility index (Phi) is 8.64. The third-order valence-electron chi connectivity index (χ3n) is 3.49. The molecule has 0 aliphatic carbocycles. The summed E-state index contributed by atoms with van der Waals surface area (Å²) in [4.78, 5) is 0. The van der Waals surface area contributed by atoms with Crippen molar-refractivity contribution in [3.8, 4) is 0 Å². The van der Waals surface area contributed by atoms with Crippen LogP contribution in [0.5, 0.6) is 0 Å². The molecule has 1 nitrogen and oxygen atoms in total. The van der Waals surface area contributed by atoms with E-state index in [2.05, 4.69) is 78.4 Å². The molecular formula is C19H41NS. The minimum Gasteiger partial charge on any atom is -0.316 e. The van der Waals surface area contributed by atoms with Crippen LogP contribution in [0.2, 0.25) is 0 Å². The zero-order valence-electron chi connectivity index (χ0n) is 16.1. The molecule has 0 saturated heterocycles. The Hall–Kier alpha value is 0.0500. The van der Waals surface area contributed by atoms with E-state index in [1.807, 2.05) is 0 Å². The third kappa shape index (κ3) is 14.7. The highest BCUT2D eigenvalue weighted by Crippen LogP contribution is 2.31. The van der Waals surface area contributed by atoms with Crippen molar-refractivity contribution >= 4 is 10.9 Å². The number of hydrogen-bond acceptors (Lipinski definition) is 1. The quantitative estimate of drug-likeness (QED) is 0.554. The number of thiol groups is 1. The average molecular weight is 316 g/mol. The summed E-state index contributed by atoms with van der Waals surface area (Å²) in [5.74, 6) is 1.35. The van der Waals surface area contributed by atoms with E-state index in [1.54, 1.807) is 0 Å². The van der Waals surface area contributed by atoms with Crippen LogP contribution >= 0.6 is 10.9 Å². The van der Waals surface area contributed by atoms with E-state index in [-0.39, 0.29) is 10.9 Å². The fourth-order valence-corrected chi connectivity index (χ4v) is 3.58. The van der Waals surface area contributed by atoms with Gasteiger partial charge in [0.25, 0.3) is 0 Å². The molecule has 0 aromatic rings. The lowest BCUT2D eigenvalue weighted by atomic mass is 9.89. The minimum absolute atomic E-state index is 0.0562. The summed E-state index contributed by atoms with van der Waals surface area (Å²) in [6.45, 7) is 20.8. The summed E-state index contributed by atoms with van der Waals surface area (Å²) in [7, 11) is 0.0562. The summed E-state index contributed by atoms with van der Waals surface area (Å²) in [5, 5.41) is 6.11. The van der Waals surface area contributed by atoms with Gasteiger partial charge in [0.1, 0.15) is 0 Å². The topological polar surface area (TPSA) is 12.0 Å². The van der Waals surface area contributed by atoms with Crippen LogP contribution in [0.3, 0.4) is 0 Å². The van der Waals surface area contributed by atoms with Crippen molar-refractivity contribution in [1.82, 2.24) is 5.32 Å². The summed E-state index contributed by atoms with van der Waals surface area (Å²) in [6.07, 6.45) is 7.31. The van der Waals surface area contributed by atoms with E-state index in [0.29, 0.717) is 16.2 Å². The van der Waals surface area contributed by atoms with Gasteiger partial charge in [0, 0.05) is 13.1 Å². The smallest absolute Gasteiger partial charge is 0.000303 e. The Balaban J connectivity index is 4.01. The summed E-state index contributed by atoms with van der Waals surface area (Å²) >= 11 is 0. The van der Waals surface area contributed by atoms with Gasteiger partial charge in [-0.2, -0.15) is 0 Å². The molecule has 0 aromatic carbocycles. The van der Waals surface area contributed by atoms with Crippen LogP contribution in [-0.2, 0) is 0 Å². The highest BCUT2D eigenvalue weighted by Gasteiger charge is 2.19. The predicted octanol–water partition coefficient (Wildman–Crippen LogP) is 5.62. The van der Waals surface area contributed by atoms with Gasteiger partial charge in [0.05, 0.1) is 0 Å². The lowest BCUT2D eigenvalue weighted by molar-refractivity contribution is 0.295. The second kappa shape index (κ2) is 8.62. The van der Waals surface area contributed by atoms with Gasteiger partial charge >= 0.3 is 0 Å². The standard InChI is InChI=1S/C19H41NS/c1-17(2,3)11-10-13-21(9)14-12-19(7,8)16-20-15-18(4,5)6/h10,13,20-21H,11-12,14-16H2,1-9H3/b13-10+. The maximum atomic E-state index is 3.64. The van der Waals surface area contributed by atoms with Crippen LogP contribution in [0.4, 0.5) is 0 Å². The first-order valence-electron chi connectivity index (χ1n) is 8.38. The number of hydrogen-bond donors (Lipinski definition) is 2. The van der Waals surface area contributed by atoms with Crippen molar-refractivity contribution in [2.45, 2.75) is 68.2 Å². The highest BCUT2D eigenvalue weighted by molar-refractivity contribution is 8.19. The van der Waals surface area contributed by atoms with E-state index >= 15 is 0 Å². The molecule has 128 valence electrons. The molecule has 1 atom stereocenters. The lowest BCUT2D eigenvalue weighted by Gasteiger charge is -2.29. The van der Waals surface area contributed by atoms with E-state index in [0.717, 1.165) is 13.1 Å². The Bertz CT molecular complexity index is 305. The Morgan fingerprint density at radius 1 is 0.857 bits per heavy atom. The average Bonchev–Trinajstić information content (AvgIpc) is 2.22. The maximum Gasteiger partial charge on any atom is 0.000303 e. The molecule has 0 aromatic heterocycles. The maximum absolute atomic E-state index is 3.64. The molecular weight excluding hydrogens is 274 g/mol. The first-order valence-corrected chi connectivity index (χ1v) is 10.4. The number of allylic oxidation sites excluding steroid dienone is 1. The molecule has 1 unspecified atom stereocenters. The number of nitrogens with one attached hydrogen (secondary N) is 1. The van der Waals surface area contributed by atoms with Crippen LogP contribution in [-0.4, -0.2) is 25.1 Å². The second-order valence-electron chi connectivity index (χ2n) is 9.71. The van der Waals surface area contributed by atoms with Crippen molar-refractivity contribution in [1.29, 1.82) is 0 Å². The van der Waals surface area contributed by atoms with Crippen molar-refractivity contribution in [2.24, 2.45) is 16.2 Å². The van der Waals surface area contributed by atoms with Crippen LogP contribution in [0.15, 0.2) is 11.5 Å². The van der Waals surface area contributed by atoms with Crippen LogP contribution in [0.25, 0.3) is 0 Å². The minimum atomic E-state index is 0.0562. The van der Waals surface area contributed by atoms with E-state index in [1.165, 1.54) is 18.6 Å². The normalized spacial score (nSPS) is 16.5. The largest absolute Gasteiger partial charge is 0.316 e. The van der Waals surface area contributed by atoms with Crippen LogP contribution in [0, 0.1) is 16.2 Å². The van der Waals surface area contributed by atoms with E-state index in [9.17, 15) is 0 Å². The Morgan fingerprint density at radius 2 is 1.43 bits per heavy atom. The molecule has 0 saturated carbocycles. The number of rotatable bonds is 8. The van der Waals surface area contributed by atoms with Crippen LogP contribution in [0.1, 0.15) is 68.2 Å². The molecule has 21 heavy (non-hydrogen) atoms. The first kappa shape index (κ1) is 21.0. The molecule has 0 spiro atoms. The molecule has 0 bridgehead atoms. The highest BCUT2D eigenvalue weighted by atomic mass is 32.2. The van der Waals surface area contributed by atoms with Gasteiger partial charge in [-0.1, -0.05) is 66.9 Å². The lowest BCUT2D eigenvalue weighted by Crippen LogP contribution is -2.35. The van der Waals surface area contributed by atoms with Crippen LogP contribution < -0.4 is 5.32 Å². The fraction of sp³-hybridized carbons (Fsp3) is 0.895. The van der Waals surface area contributed by atoms with Crippen molar-refractivity contribution in [3.05, 3.63) is 11.5 Å². The van der Waals surface area contributed by atoms with E-state index < -0.39 is 0 Å². The Labute approximate surface area is 137 Å². The summed E-state index contributed by atoms with van der Waals surface area (Å²) in [6, 6.07) is 0. The molecule has 0 aliphatic rings. The SMILES string of the molecule is C[SH](/C=C/CC(C)(C)C)CCC(C)(C)CNCC(C)(C)C. The molecule has 0 heterocycles. The summed E-state index contributed by atoms with van der Waals surface area (Å²) < 4.78 is 0. The predicted molar refractivity (Wildman–Crippen MR) is 104 cm³/mol. The van der Waals surface area contributed by atoms with Crippen molar-refractivity contribution in [2.75, 3.05) is 25.1 Å². The molecule has 0 aliphatic heterocycles. The zero-order chi connectivity index (χ0) is 16.7. The van der Waals surface area contributed by atoms with Gasteiger partial charge in [0.2, 0.25) is 0 Å². The zero-order valence-corrected chi connectivity index (χ0v) is 17.0. The molecule has 1 N–H and O–H groups in total. The van der Waals surface area contributed by atoms with Crippen molar-refractivity contribution < 1.29 is 0 Å². The first-order chi connectivity index (χ1) is 9.31. The van der Waals surface area contributed by atoms with E-state index in [4.69, 9.17) is 0 Å². The van der Waals surface area contributed by atoms with Gasteiger partial charge in [-0.05, 0) is 41.1 Å². The molecule has 0 amide bonds. The molecule has 0 rings (SSSR count). The second-order valence-corrected chi connectivity index (χ2v) is 12.0. The Morgan fingerprint density at radius 3 is 1.90 bits per heavy atom. The monoisotopic (exact) mass is 315 g/mol. The third-order valence-corrected chi connectivity index (χ3v) is 5.14. The van der Waals surface area contributed by atoms with Crippen molar-refractivity contribution in [3.63, 3.8) is 0 Å². The van der Waals surface area contributed by atoms with Gasteiger partial charge < -0.3 is 5.32 Å². The van der Waals surface area contributed by atoms with Gasteiger partial charge in [-0.25, -0.2) is 10.9 Å². The molecule has 0 radical (unpaired) electrons. The van der Waals surface area contributed by atoms with Gasteiger partial charge in [0.15, 0.2) is 0 Å². The van der Waals surface area contributed by atoms with Gasteiger partial charge in [-0.15, -0.1) is 0 Å². The molecule has 0 fully saturated rings.